The van der Waals surface area contributed by atoms with E-state index in [-0.39, 0.29) is 29.6 Å². The maximum atomic E-state index is 12.9. The smallest absolute Gasteiger partial charge is 0.416 e. The highest BCUT2D eigenvalue weighted by molar-refractivity contribution is 5.45. The van der Waals surface area contributed by atoms with Gasteiger partial charge in [0.1, 0.15) is 11.5 Å². The third-order valence-corrected chi connectivity index (χ3v) is 4.27. The highest BCUT2D eigenvalue weighted by Crippen LogP contribution is 2.33. The van der Waals surface area contributed by atoms with Crippen LogP contribution in [0, 0.1) is 6.92 Å². The molecule has 1 aromatic carbocycles. The SMILES string of the molecule is Cc1nc(-c2nnc(C(CCCN=[N+]=[N-])c3ccc(C(F)(F)F)cc3)o2)cc(=O)[nH]1. The lowest BCUT2D eigenvalue weighted by Gasteiger charge is -2.14. The number of aryl methyl sites for hydroxylation is 1. The predicted octanol–water partition coefficient (Wildman–Crippen LogP) is 4.37. The number of aromatic nitrogens is 4. The lowest BCUT2D eigenvalue weighted by Crippen LogP contribution is -2.08. The van der Waals surface area contributed by atoms with Crippen molar-refractivity contribution in [1.82, 2.24) is 20.2 Å². The molecule has 156 valence electrons. The minimum Gasteiger partial charge on any atom is -0.419 e. The van der Waals surface area contributed by atoms with E-state index >= 15 is 0 Å². The monoisotopic (exact) mass is 419 g/mol. The molecule has 1 unspecified atom stereocenters. The Morgan fingerprint density at radius 3 is 2.63 bits per heavy atom. The van der Waals surface area contributed by atoms with Gasteiger partial charge >= 0.3 is 6.18 Å². The van der Waals surface area contributed by atoms with Gasteiger partial charge in [-0.2, -0.15) is 13.2 Å². The maximum absolute atomic E-state index is 12.9. The summed E-state index contributed by atoms with van der Waals surface area (Å²) < 4.78 is 44.3. The maximum Gasteiger partial charge on any atom is 0.416 e. The number of azide groups is 1. The molecule has 12 heteroatoms. The Bertz CT molecular complexity index is 1120. The summed E-state index contributed by atoms with van der Waals surface area (Å²) in [7, 11) is 0. The molecule has 0 fully saturated rings. The molecule has 9 nitrogen and oxygen atoms in total. The van der Waals surface area contributed by atoms with Gasteiger partial charge in [0.2, 0.25) is 5.89 Å². The van der Waals surface area contributed by atoms with E-state index < -0.39 is 17.7 Å². The summed E-state index contributed by atoms with van der Waals surface area (Å²) in [5.74, 6) is 0.0213. The zero-order chi connectivity index (χ0) is 21.7. The first-order chi connectivity index (χ1) is 14.3. The zero-order valence-corrected chi connectivity index (χ0v) is 15.7. The normalized spacial score (nSPS) is 12.4. The van der Waals surface area contributed by atoms with Gasteiger partial charge in [-0.05, 0) is 43.0 Å². The average Bonchev–Trinajstić information content (AvgIpc) is 3.17. The molecule has 3 aromatic rings. The summed E-state index contributed by atoms with van der Waals surface area (Å²) in [5.41, 5.74) is 8.00. The molecule has 1 N–H and O–H groups in total. The van der Waals surface area contributed by atoms with Crippen molar-refractivity contribution < 1.29 is 17.6 Å². The number of hydrogen-bond acceptors (Lipinski definition) is 6. The molecule has 0 aliphatic carbocycles. The molecule has 0 spiro atoms. The fourth-order valence-electron chi connectivity index (χ4n) is 2.92. The van der Waals surface area contributed by atoms with Crippen LogP contribution in [0.25, 0.3) is 22.0 Å². The summed E-state index contributed by atoms with van der Waals surface area (Å²) in [6.45, 7) is 1.81. The predicted molar refractivity (Wildman–Crippen MR) is 99.4 cm³/mol. The van der Waals surface area contributed by atoms with Gasteiger partial charge in [0.25, 0.3) is 11.4 Å². The van der Waals surface area contributed by atoms with Gasteiger partial charge in [0, 0.05) is 17.5 Å². The number of halogens is 3. The third-order valence-electron chi connectivity index (χ3n) is 4.27. The van der Waals surface area contributed by atoms with Gasteiger partial charge < -0.3 is 9.40 Å². The van der Waals surface area contributed by atoms with Crippen molar-refractivity contribution in [3.63, 3.8) is 0 Å². The van der Waals surface area contributed by atoms with E-state index in [1.54, 1.807) is 6.92 Å². The molecule has 0 bridgehead atoms. The van der Waals surface area contributed by atoms with Crippen molar-refractivity contribution in [1.29, 1.82) is 0 Å². The Morgan fingerprint density at radius 1 is 1.27 bits per heavy atom. The average molecular weight is 419 g/mol. The number of rotatable bonds is 7. The van der Waals surface area contributed by atoms with Crippen molar-refractivity contribution in [2.75, 3.05) is 6.54 Å². The van der Waals surface area contributed by atoms with Gasteiger partial charge in [0.05, 0.1) is 11.5 Å². The standard InChI is InChI=1S/C18H16F3N7O2/c1-10-24-14(9-15(29)25-10)17-27-26-16(30-17)13(3-2-8-23-28-22)11-4-6-12(7-5-11)18(19,20)21/h4-7,9,13H,2-3,8H2,1H3,(H,24,25,29). The summed E-state index contributed by atoms with van der Waals surface area (Å²) >= 11 is 0. The Balaban J connectivity index is 1.93. The van der Waals surface area contributed by atoms with E-state index in [2.05, 4.69) is 30.2 Å². The largest absolute Gasteiger partial charge is 0.419 e. The van der Waals surface area contributed by atoms with Crippen molar-refractivity contribution >= 4 is 0 Å². The third kappa shape index (κ3) is 5.03. The molecule has 2 heterocycles. The first-order valence-corrected chi connectivity index (χ1v) is 8.87. The van der Waals surface area contributed by atoms with Crippen molar-refractivity contribution in [2.24, 2.45) is 5.11 Å². The molecule has 3 rings (SSSR count). The number of benzene rings is 1. The Morgan fingerprint density at radius 2 is 2.00 bits per heavy atom. The van der Waals surface area contributed by atoms with E-state index in [0.717, 1.165) is 12.1 Å². The highest BCUT2D eigenvalue weighted by Gasteiger charge is 2.31. The number of H-pyrrole nitrogens is 1. The van der Waals surface area contributed by atoms with Gasteiger partial charge in [-0.3, -0.25) is 4.79 Å². The van der Waals surface area contributed by atoms with Crippen molar-refractivity contribution in [2.45, 2.75) is 31.9 Å². The first kappa shape index (κ1) is 21.1. The zero-order valence-electron chi connectivity index (χ0n) is 15.7. The molecule has 2 aromatic heterocycles. The van der Waals surface area contributed by atoms with E-state index in [0.29, 0.717) is 24.2 Å². The van der Waals surface area contributed by atoms with Crippen molar-refractivity contribution in [3.8, 4) is 11.6 Å². The lowest BCUT2D eigenvalue weighted by atomic mass is 9.93. The molecule has 0 aliphatic heterocycles. The molecule has 0 aliphatic rings. The number of hydrogen-bond donors (Lipinski definition) is 1. The number of alkyl halides is 3. The van der Waals surface area contributed by atoms with E-state index in [1.165, 1.54) is 18.2 Å². The van der Waals surface area contributed by atoms with Crippen LogP contribution in [-0.4, -0.2) is 26.7 Å². The molecule has 30 heavy (non-hydrogen) atoms. The number of nitrogens with one attached hydrogen (secondary N) is 1. The van der Waals surface area contributed by atoms with Gasteiger partial charge in [-0.15, -0.1) is 10.2 Å². The summed E-state index contributed by atoms with van der Waals surface area (Å²) in [5, 5.41) is 11.4. The van der Waals surface area contributed by atoms with Crippen molar-refractivity contribution in [3.05, 3.63) is 74.0 Å². The van der Waals surface area contributed by atoms with Gasteiger partial charge in [-0.25, -0.2) is 4.98 Å². The number of aromatic amines is 1. The molecule has 1 atom stereocenters. The molecular weight excluding hydrogens is 403 g/mol. The van der Waals surface area contributed by atoms with Crippen LogP contribution in [0.1, 0.15) is 41.6 Å². The van der Waals surface area contributed by atoms with E-state index in [1.807, 2.05) is 0 Å². The van der Waals surface area contributed by atoms with Crippen LogP contribution in [-0.2, 0) is 6.18 Å². The summed E-state index contributed by atoms with van der Waals surface area (Å²) in [6, 6.07) is 5.86. The second-order valence-corrected chi connectivity index (χ2v) is 6.43. The van der Waals surface area contributed by atoms with E-state index in [4.69, 9.17) is 9.95 Å². The number of nitrogens with zero attached hydrogens (tertiary/aromatic N) is 6. The molecule has 0 radical (unpaired) electrons. The fraction of sp³-hybridized carbons (Fsp3) is 0.333. The van der Waals surface area contributed by atoms with Gasteiger partial charge in [-0.1, -0.05) is 17.2 Å². The summed E-state index contributed by atoms with van der Waals surface area (Å²) in [6.07, 6.45) is -3.60. The van der Waals surface area contributed by atoms with Crippen LogP contribution in [0.2, 0.25) is 0 Å². The van der Waals surface area contributed by atoms with Crippen LogP contribution < -0.4 is 5.56 Å². The minimum absolute atomic E-state index is 0.0196. The molecular formula is C18H16F3N7O2. The van der Waals surface area contributed by atoms with Crippen LogP contribution in [0.15, 0.2) is 44.7 Å². The first-order valence-electron chi connectivity index (χ1n) is 8.87. The quantitative estimate of drug-likeness (QED) is 0.263. The Hall–Kier alpha value is -3.66. The molecule has 0 saturated carbocycles. The van der Waals surface area contributed by atoms with Crippen LogP contribution in [0.3, 0.4) is 0 Å². The Kier molecular flexibility index (Phi) is 6.17. The second-order valence-electron chi connectivity index (χ2n) is 6.43. The van der Waals surface area contributed by atoms with Gasteiger partial charge in [0.15, 0.2) is 0 Å². The molecule has 0 amide bonds. The lowest BCUT2D eigenvalue weighted by molar-refractivity contribution is -0.137. The minimum atomic E-state index is -4.45. The highest BCUT2D eigenvalue weighted by atomic mass is 19.4. The van der Waals surface area contributed by atoms with E-state index in [9.17, 15) is 18.0 Å². The van der Waals surface area contributed by atoms with Crippen LogP contribution in [0.5, 0.6) is 0 Å². The Labute approximate surface area is 167 Å². The molecule has 0 saturated heterocycles. The van der Waals surface area contributed by atoms with Crippen LogP contribution in [0.4, 0.5) is 13.2 Å². The fourth-order valence-corrected chi connectivity index (χ4v) is 2.92. The second kappa shape index (κ2) is 8.78. The van der Waals surface area contributed by atoms with Crippen LogP contribution >= 0.6 is 0 Å². The topological polar surface area (TPSA) is 133 Å². The summed E-state index contributed by atoms with van der Waals surface area (Å²) in [4.78, 5) is 21.0.